The quantitative estimate of drug-likeness (QED) is 0.626. The molecule has 2 heterocycles. The summed E-state index contributed by atoms with van der Waals surface area (Å²) in [6.45, 7) is 4.76. The lowest BCUT2D eigenvalue weighted by molar-refractivity contribution is 0.661. The summed E-state index contributed by atoms with van der Waals surface area (Å²) in [7, 11) is 0. The van der Waals surface area contributed by atoms with E-state index in [1.807, 2.05) is 32.0 Å². The van der Waals surface area contributed by atoms with Crippen LogP contribution in [0.2, 0.25) is 5.02 Å². The molecule has 1 atom stereocenters. The minimum Gasteiger partial charge on any atom is -0.326 e. The van der Waals surface area contributed by atoms with E-state index in [9.17, 15) is 0 Å². The van der Waals surface area contributed by atoms with Crippen LogP contribution in [0.1, 0.15) is 28.8 Å². The van der Waals surface area contributed by atoms with Gasteiger partial charge in [0, 0.05) is 23.4 Å². The molecule has 0 amide bonds. The number of nitrogens with zero attached hydrogens (tertiary/aromatic N) is 3. The highest BCUT2D eigenvalue weighted by Crippen LogP contribution is 2.27. The lowest BCUT2D eigenvalue weighted by Gasteiger charge is -2.09. The third-order valence-corrected chi connectivity index (χ3v) is 4.61. The second-order valence-corrected chi connectivity index (χ2v) is 7.13. The molecule has 0 aliphatic carbocycles. The van der Waals surface area contributed by atoms with Crippen molar-refractivity contribution >= 4 is 45.6 Å². The van der Waals surface area contributed by atoms with Crippen molar-refractivity contribution in [2.24, 2.45) is 0 Å². The first kappa shape index (κ1) is 14.8. The van der Waals surface area contributed by atoms with Crippen LogP contribution in [0.3, 0.4) is 0 Å². The lowest BCUT2D eigenvalue weighted by atomic mass is 10.3. The number of halogens is 2. The van der Waals surface area contributed by atoms with Gasteiger partial charge in [0.2, 0.25) is 0 Å². The Hall–Kier alpha value is -1.10. The molecule has 2 aromatic heterocycles. The highest BCUT2D eigenvalue weighted by Gasteiger charge is 2.15. The number of hydrogen-bond donors (Lipinski definition) is 0. The molecule has 3 aromatic rings. The zero-order valence-electron chi connectivity index (χ0n) is 11.8. The van der Waals surface area contributed by atoms with Gasteiger partial charge in [-0.1, -0.05) is 11.6 Å². The smallest absolute Gasteiger partial charge is 0.127 e. The van der Waals surface area contributed by atoms with Crippen LogP contribution < -0.4 is 0 Å². The van der Waals surface area contributed by atoms with Gasteiger partial charge in [-0.3, -0.25) is 0 Å². The Morgan fingerprint density at radius 2 is 2.14 bits per heavy atom. The molecule has 1 aromatic carbocycles. The van der Waals surface area contributed by atoms with Crippen molar-refractivity contribution in [3.63, 3.8) is 0 Å². The van der Waals surface area contributed by atoms with E-state index in [-0.39, 0.29) is 5.38 Å². The van der Waals surface area contributed by atoms with Crippen LogP contribution in [-0.2, 0) is 13.0 Å². The average Bonchev–Trinajstić information content (AvgIpc) is 3.00. The monoisotopic (exact) mass is 339 g/mol. The van der Waals surface area contributed by atoms with E-state index in [1.165, 1.54) is 0 Å². The predicted octanol–water partition coefficient (Wildman–Crippen LogP) is 5.00. The Morgan fingerprint density at radius 1 is 1.33 bits per heavy atom. The van der Waals surface area contributed by atoms with Crippen molar-refractivity contribution in [3.05, 3.63) is 45.1 Å². The van der Waals surface area contributed by atoms with Gasteiger partial charge >= 0.3 is 0 Å². The van der Waals surface area contributed by atoms with Crippen LogP contribution in [0, 0.1) is 6.92 Å². The molecule has 0 N–H and O–H groups in total. The molecule has 0 saturated heterocycles. The molecule has 0 radical (unpaired) electrons. The van der Waals surface area contributed by atoms with Crippen LogP contribution in [0.25, 0.3) is 11.0 Å². The molecule has 6 heteroatoms. The third kappa shape index (κ3) is 3.07. The first-order chi connectivity index (χ1) is 10.0. The summed E-state index contributed by atoms with van der Waals surface area (Å²) in [5.74, 6) is 0.876. The van der Waals surface area contributed by atoms with Crippen molar-refractivity contribution < 1.29 is 0 Å². The topological polar surface area (TPSA) is 30.7 Å². The molecular weight excluding hydrogens is 325 g/mol. The molecule has 110 valence electrons. The second-order valence-electron chi connectivity index (χ2n) is 4.98. The zero-order valence-corrected chi connectivity index (χ0v) is 14.1. The van der Waals surface area contributed by atoms with E-state index in [0.29, 0.717) is 5.02 Å². The van der Waals surface area contributed by atoms with Gasteiger partial charge in [-0.05, 0) is 32.0 Å². The van der Waals surface area contributed by atoms with Gasteiger partial charge in [-0.2, -0.15) is 0 Å². The van der Waals surface area contributed by atoms with E-state index in [1.54, 1.807) is 11.3 Å². The minimum absolute atomic E-state index is 0.145. The number of alkyl halides is 1. The SMILES string of the molecule is Cc1nc(CCn2c(C(C)Cl)nc3ccc(Cl)cc32)cs1. The van der Waals surface area contributed by atoms with Crippen molar-refractivity contribution in [2.75, 3.05) is 0 Å². The van der Waals surface area contributed by atoms with Gasteiger partial charge in [-0.25, -0.2) is 9.97 Å². The number of imidazole rings is 1. The van der Waals surface area contributed by atoms with Crippen LogP contribution in [0.4, 0.5) is 0 Å². The Balaban J connectivity index is 1.98. The molecule has 21 heavy (non-hydrogen) atoms. The van der Waals surface area contributed by atoms with Crippen LogP contribution in [-0.4, -0.2) is 14.5 Å². The molecule has 1 unspecified atom stereocenters. The number of aryl methyl sites for hydroxylation is 3. The number of benzene rings is 1. The predicted molar refractivity (Wildman–Crippen MR) is 89.6 cm³/mol. The molecule has 3 nitrogen and oxygen atoms in total. The Labute approximate surface area is 137 Å². The molecule has 0 aliphatic rings. The van der Waals surface area contributed by atoms with Crippen LogP contribution in [0.15, 0.2) is 23.6 Å². The van der Waals surface area contributed by atoms with Crippen molar-refractivity contribution in [1.29, 1.82) is 0 Å². The average molecular weight is 340 g/mol. The van der Waals surface area contributed by atoms with E-state index >= 15 is 0 Å². The molecule has 3 rings (SSSR count). The van der Waals surface area contributed by atoms with E-state index in [4.69, 9.17) is 23.2 Å². The summed E-state index contributed by atoms with van der Waals surface area (Å²) in [5, 5.41) is 3.76. The molecule has 0 aliphatic heterocycles. The molecule has 0 bridgehead atoms. The normalized spacial score (nSPS) is 13.0. The van der Waals surface area contributed by atoms with Gasteiger partial charge < -0.3 is 4.57 Å². The fourth-order valence-electron chi connectivity index (χ4n) is 2.40. The largest absolute Gasteiger partial charge is 0.326 e. The molecular formula is C15H15Cl2N3S. The zero-order chi connectivity index (χ0) is 15.0. The van der Waals surface area contributed by atoms with Gasteiger partial charge in [-0.15, -0.1) is 22.9 Å². The third-order valence-electron chi connectivity index (χ3n) is 3.35. The van der Waals surface area contributed by atoms with E-state index < -0.39 is 0 Å². The lowest BCUT2D eigenvalue weighted by Crippen LogP contribution is -2.07. The molecule has 0 saturated carbocycles. The minimum atomic E-state index is -0.145. The maximum atomic E-state index is 6.28. The molecule has 0 fully saturated rings. The number of aromatic nitrogens is 3. The summed E-state index contributed by atoms with van der Waals surface area (Å²) in [4.78, 5) is 9.13. The number of thiazole rings is 1. The number of hydrogen-bond acceptors (Lipinski definition) is 3. The maximum absolute atomic E-state index is 6.28. The van der Waals surface area contributed by atoms with Gasteiger partial charge in [0.25, 0.3) is 0 Å². The van der Waals surface area contributed by atoms with Gasteiger partial charge in [0.1, 0.15) is 5.82 Å². The van der Waals surface area contributed by atoms with Crippen molar-refractivity contribution in [3.8, 4) is 0 Å². The summed E-state index contributed by atoms with van der Waals surface area (Å²) < 4.78 is 2.15. The van der Waals surface area contributed by atoms with Crippen molar-refractivity contribution in [2.45, 2.75) is 32.2 Å². The van der Waals surface area contributed by atoms with E-state index in [0.717, 1.165) is 40.5 Å². The fourth-order valence-corrected chi connectivity index (χ4v) is 3.38. The Morgan fingerprint density at radius 3 is 2.81 bits per heavy atom. The molecule has 0 spiro atoms. The maximum Gasteiger partial charge on any atom is 0.127 e. The van der Waals surface area contributed by atoms with Crippen LogP contribution >= 0.6 is 34.5 Å². The number of rotatable bonds is 4. The summed E-state index contributed by atoms with van der Waals surface area (Å²) >= 11 is 14.1. The van der Waals surface area contributed by atoms with E-state index in [2.05, 4.69) is 19.9 Å². The highest BCUT2D eigenvalue weighted by molar-refractivity contribution is 7.09. The Kier molecular flexibility index (Phi) is 4.20. The standard InChI is InChI=1S/C15H15Cl2N3S/c1-9(16)15-19-13-4-3-11(17)7-14(13)20(15)6-5-12-8-21-10(2)18-12/h3-4,7-9H,5-6H2,1-2H3. The van der Waals surface area contributed by atoms with Crippen molar-refractivity contribution in [1.82, 2.24) is 14.5 Å². The first-order valence-electron chi connectivity index (χ1n) is 6.75. The summed E-state index contributed by atoms with van der Waals surface area (Å²) in [5.41, 5.74) is 3.06. The van der Waals surface area contributed by atoms with Gasteiger partial charge in [0.05, 0.1) is 27.1 Å². The highest BCUT2D eigenvalue weighted by atomic mass is 35.5. The van der Waals surface area contributed by atoms with Crippen LogP contribution in [0.5, 0.6) is 0 Å². The number of fused-ring (bicyclic) bond motifs is 1. The fraction of sp³-hybridized carbons (Fsp3) is 0.333. The first-order valence-corrected chi connectivity index (χ1v) is 8.45. The Bertz CT molecular complexity index is 776. The summed E-state index contributed by atoms with van der Waals surface area (Å²) in [6.07, 6.45) is 0.860. The second kappa shape index (κ2) is 5.95. The van der Waals surface area contributed by atoms with Gasteiger partial charge in [0.15, 0.2) is 0 Å². The summed E-state index contributed by atoms with van der Waals surface area (Å²) in [6, 6.07) is 5.73.